The molecule has 0 bridgehead atoms. The number of nitrogens with one attached hydrogen (secondary N) is 2. The van der Waals surface area contributed by atoms with Crippen LogP contribution in [-0.4, -0.2) is 43.4 Å². The molecule has 2 aliphatic rings. The van der Waals surface area contributed by atoms with Crippen LogP contribution in [0.5, 0.6) is 0 Å². The third-order valence-corrected chi connectivity index (χ3v) is 6.73. The third-order valence-electron chi connectivity index (χ3n) is 6.43. The molecule has 2 aliphatic heterocycles. The molecule has 0 aromatic heterocycles. The lowest BCUT2D eigenvalue weighted by atomic mass is 9.68. The number of carbonyl (C=O) groups is 2. The Kier molecular flexibility index (Phi) is 5.58. The number of hydrogen-bond donors (Lipinski definition) is 2. The highest BCUT2D eigenvalue weighted by Crippen LogP contribution is 2.53. The van der Waals surface area contributed by atoms with Crippen LogP contribution in [0.1, 0.15) is 49.5 Å². The van der Waals surface area contributed by atoms with Gasteiger partial charge in [-0.05, 0) is 48.6 Å². The zero-order valence-corrected chi connectivity index (χ0v) is 19.9. The number of carbonyl (C=O) groups excluding carboxylic acids is 2. The van der Waals surface area contributed by atoms with E-state index in [4.69, 9.17) is 11.6 Å². The predicted octanol–water partition coefficient (Wildman–Crippen LogP) is 4.84. The van der Waals surface area contributed by atoms with Gasteiger partial charge in [0.15, 0.2) is 0 Å². The van der Waals surface area contributed by atoms with Crippen LogP contribution in [0, 0.1) is 11.2 Å². The Morgan fingerprint density at radius 2 is 2.00 bits per heavy atom. The molecule has 1 saturated heterocycles. The highest BCUT2D eigenvalue weighted by atomic mass is 35.5. The van der Waals surface area contributed by atoms with E-state index in [0.717, 1.165) is 12.0 Å². The number of fused-ring (bicyclic) bond motifs is 2. The summed E-state index contributed by atoms with van der Waals surface area (Å²) in [7, 11) is 3.31. The fraction of sp³-hybridized carbons (Fsp3) is 0.440. The van der Waals surface area contributed by atoms with Crippen molar-refractivity contribution in [1.82, 2.24) is 10.2 Å². The zero-order valence-electron chi connectivity index (χ0n) is 19.1. The summed E-state index contributed by atoms with van der Waals surface area (Å²) in [5.41, 5.74) is 1.80. The summed E-state index contributed by atoms with van der Waals surface area (Å²) >= 11 is 6.62. The quantitative estimate of drug-likeness (QED) is 0.693. The summed E-state index contributed by atoms with van der Waals surface area (Å²) in [6.07, 6.45) is 1.36. The highest BCUT2D eigenvalue weighted by molar-refractivity contribution is 6.35. The molecule has 4 rings (SSSR count). The lowest BCUT2D eigenvalue weighted by molar-refractivity contribution is -0.121. The van der Waals surface area contributed by atoms with Crippen molar-refractivity contribution in [1.29, 1.82) is 0 Å². The molecule has 0 saturated carbocycles. The number of nitrogens with zero attached hydrogens (tertiary/aromatic N) is 1. The largest absolute Gasteiger partial charge is 0.345 e. The van der Waals surface area contributed by atoms with Gasteiger partial charge in [-0.3, -0.25) is 9.59 Å². The molecule has 1 fully saturated rings. The van der Waals surface area contributed by atoms with E-state index in [-0.39, 0.29) is 28.3 Å². The second-order valence-electron chi connectivity index (χ2n) is 10.2. The maximum absolute atomic E-state index is 14.3. The fourth-order valence-electron chi connectivity index (χ4n) is 5.15. The van der Waals surface area contributed by atoms with Gasteiger partial charge in [-0.1, -0.05) is 44.5 Å². The molecule has 0 unspecified atom stereocenters. The van der Waals surface area contributed by atoms with Crippen molar-refractivity contribution in [3.8, 4) is 11.1 Å². The van der Waals surface area contributed by atoms with Crippen molar-refractivity contribution in [3.63, 3.8) is 0 Å². The number of amides is 2. The molecule has 0 aliphatic carbocycles. The molecule has 2 atom stereocenters. The Morgan fingerprint density at radius 3 is 2.62 bits per heavy atom. The molecule has 170 valence electrons. The maximum atomic E-state index is 14.3. The van der Waals surface area contributed by atoms with Crippen LogP contribution in [0.25, 0.3) is 11.1 Å². The van der Waals surface area contributed by atoms with Crippen molar-refractivity contribution < 1.29 is 14.0 Å². The van der Waals surface area contributed by atoms with Gasteiger partial charge in [0.25, 0.3) is 5.91 Å². The van der Waals surface area contributed by atoms with Crippen LogP contribution in [0.3, 0.4) is 0 Å². The van der Waals surface area contributed by atoms with Crippen molar-refractivity contribution in [2.24, 2.45) is 5.41 Å². The minimum atomic E-state index is -0.865. The van der Waals surface area contributed by atoms with E-state index in [2.05, 4.69) is 31.4 Å². The summed E-state index contributed by atoms with van der Waals surface area (Å²) in [6.45, 7) is 7.11. The summed E-state index contributed by atoms with van der Waals surface area (Å²) in [4.78, 5) is 28.3. The zero-order chi connectivity index (χ0) is 23.4. The first-order valence-corrected chi connectivity index (χ1v) is 11.2. The van der Waals surface area contributed by atoms with Crippen LogP contribution in [0.2, 0.25) is 5.02 Å². The predicted molar refractivity (Wildman–Crippen MR) is 126 cm³/mol. The molecule has 5 nitrogen and oxygen atoms in total. The fourth-order valence-corrected chi connectivity index (χ4v) is 5.43. The van der Waals surface area contributed by atoms with Gasteiger partial charge in [0.1, 0.15) is 5.82 Å². The van der Waals surface area contributed by atoms with Crippen molar-refractivity contribution in [3.05, 3.63) is 52.3 Å². The van der Waals surface area contributed by atoms with Crippen LogP contribution in [-0.2, 0) is 10.2 Å². The monoisotopic (exact) mass is 457 g/mol. The maximum Gasteiger partial charge on any atom is 0.255 e. The Balaban J connectivity index is 2.07. The molecule has 0 radical (unpaired) electrons. The van der Waals surface area contributed by atoms with Crippen molar-refractivity contribution >= 4 is 29.1 Å². The van der Waals surface area contributed by atoms with Gasteiger partial charge in [0.2, 0.25) is 5.91 Å². The van der Waals surface area contributed by atoms with E-state index >= 15 is 0 Å². The Bertz CT molecular complexity index is 1110. The Labute approximate surface area is 193 Å². The smallest absolute Gasteiger partial charge is 0.255 e. The summed E-state index contributed by atoms with van der Waals surface area (Å²) in [5, 5.41) is 6.79. The van der Waals surface area contributed by atoms with E-state index < -0.39 is 11.2 Å². The SMILES string of the molecule is CN(C)C(=O)c1c(Cl)cc2c(c1-c1cccc(F)c1)[C@]1(CCN[C@@H]1CC(C)(C)C)C(=O)N2. The summed E-state index contributed by atoms with van der Waals surface area (Å²) in [6, 6.07) is 7.67. The van der Waals surface area contributed by atoms with E-state index in [1.54, 1.807) is 32.3 Å². The normalized spacial score (nSPS) is 22.2. The Hall–Kier alpha value is -2.44. The number of benzene rings is 2. The first kappa shape index (κ1) is 22.7. The second-order valence-corrected chi connectivity index (χ2v) is 10.6. The Morgan fingerprint density at radius 1 is 1.28 bits per heavy atom. The van der Waals surface area contributed by atoms with E-state index in [0.29, 0.717) is 35.3 Å². The number of rotatable bonds is 3. The molecule has 1 spiro atoms. The molecular weight excluding hydrogens is 429 g/mol. The van der Waals surface area contributed by atoms with Crippen LogP contribution in [0.4, 0.5) is 10.1 Å². The van der Waals surface area contributed by atoms with Gasteiger partial charge in [0, 0.05) is 37.0 Å². The van der Waals surface area contributed by atoms with E-state index in [9.17, 15) is 14.0 Å². The van der Waals surface area contributed by atoms with Crippen LogP contribution >= 0.6 is 11.6 Å². The lowest BCUT2D eigenvalue weighted by Crippen LogP contribution is -2.47. The highest BCUT2D eigenvalue weighted by Gasteiger charge is 2.57. The topological polar surface area (TPSA) is 61.4 Å². The third kappa shape index (κ3) is 3.59. The van der Waals surface area contributed by atoms with Gasteiger partial charge < -0.3 is 15.5 Å². The average Bonchev–Trinajstić information content (AvgIpc) is 3.21. The number of halogens is 2. The molecule has 2 aromatic rings. The van der Waals surface area contributed by atoms with Crippen molar-refractivity contribution in [2.75, 3.05) is 26.0 Å². The van der Waals surface area contributed by atoms with Gasteiger partial charge in [-0.2, -0.15) is 0 Å². The van der Waals surface area contributed by atoms with Gasteiger partial charge in [-0.25, -0.2) is 4.39 Å². The second kappa shape index (κ2) is 7.85. The molecule has 2 N–H and O–H groups in total. The molecule has 2 amide bonds. The number of anilines is 1. The molecule has 7 heteroatoms. The lowest BCUT2D eigenvalue weighted by Gasteiger charge is -2.35. The van der Waals surface area contributed by atoms with Crippen LogP contribution < -0.4 is 10.6 Å². The molecule has 2 aromatic carbocycles. The number of hydrogen-bond acceptors (Lipinski definition) is 3. The summed E-state index contributed by atoms with van der Waals surface area (Å²) in [5.74, 6) is -0.804. The van der Waals surface area contributed by atoms with Crippen LogP contribution in [0.15, 0.2) is 30.3 Å². The minimum absolute atomic E-state index is 0.0221. The molecule has 2 heterocycles. The first-order valence-electron chi connectivity index (χ1n) is 10.8. The first-order chi connectivity index (χ1) is 15.0. The minimum Gasteiger partial charge on any atom is -0.345 e. The van der Waals surface area contributed by atoms with Gasteiger partial charge in [-0.15, -0.1) is 0 Å². The van der Waals surface area contributed by atoms with E-state index in [1.807, 2.05) is 0 Å². The average molecular weight is 458 g/mol. The standard InChI is InChI=1S/C25H29ClFN3O2/c1-24(2,3)13-18-25(9-10-28-18)21-17(29-23(25)32)12-16(26)20(22(31)30(4)5)19(21)14-7-6-8-15(27)11-14/h6-8,11-12,18,28H,9-10,13H2,1-5H3,(H,29,32)/t18-,25-/m1/s1. The summed E-state index contributed by atoms with van der Waals surface area (Å²) < 4.78 is 14.3. The molecule has 32 heavy (non-hydrogen) atoms. The van der Waals surface area contributed by atoms with Gasteiger partial charge >= 0.3 is 0 Å². The van der Waals surface area contributed by atoms with E-state index in [1.165, 1.54) is 17.0 Å². The van der Waals surface area contributed by atoms with Gasteiger partial charge in [0.05, 0.1) is 16.0 Å². The van der Waals surface area contributed by atoms with Crippen molar-refractivity contribution in [2.45, 2.75) is 45.1 Å². The molecular formula is C25H29ClFN3O2.